The normalized spacial score (nSPS) is 13.9. The van der Waals surface area contributed by atoms with E-state index in [1.807, 2.05) is 0 Å². The quantitative estimate of drug-likeness (QED) is 0.509. The van der Waals surface area contributed by atoms with Gasteiger partial charge in [0.2, 0.25) is 0 Å². The van der Waals surface area contributed by atoms with Gasteiger partial charge in [0.25, 0.3) is 0 Å². The second kappa shape index (κ2) is 5.03. The molecule has 0 amide bonds. The van der Waals surface area contributed by atoms with Gasteiger partial charge in [-0.3, -0.25) is 0 Å². The van der Waals surface area contributed by atoms with Gasteiger partial charge in [0.15, 0.2) is 0 Å². The molecule has 0 aromatic carbocycles. The topological polar surface area (TPSA) is 49.7 Å². The van der Waals surface area contributed by atoms with Crippen LogP contribution in [0.2, 0.25) is 0 Å². The van der Waals surface area contributed by atoms with E-state index < -0.39 is 6.10 Å². The highest BCUT2D eigenvalue weighted by atomic mass is 16.5. The van der Waals surface area contributed by atoms with Gasteiger partial charge < -0.3 is 14.9 Å². The highest BCUT2D eigenvalue weighted by Gasteiger charge is 1.92. The molecule has 8 heavy (non-hydrogen) atoms. The van der Waals surface area contributed by atoms with Crippen LogP contribution >= 0.6 is 0 Å². The molecule has 1 atom stereocenters. The summed E-state index contributed by atoms with van der Waals surface area (Å²) in [5, 5.41) is 16.6. The standard InChI is InChI=1S/C5H11O3/c1-5(7)4-8-3-2-6/h2,5-7H,3-4H2,1H3. The molecule has 0 aromatic heterocycles. The van der Waals surface area contributed by atoms with Crippen LogP contribution in [0.4, 0.5) is 0 Å². The molecule has 0 aromatic rings. The Kier molecular flexibility index (Phi) is 4.95. The monoisotopic (exact) mass is 119 g/mol. The predicted molar refractivity (Wildman–Crippen MR) is 28.7 cm³/mol. The first-order valence-electron chi connectivity index (χ1n) is 2.49. The summed E-state index contributed by atoms with van der Waals surface area (Å²) in [6.45, 7) is 2.99. The average molecular weight is 119 g/mol. The largest absolute Gasteiger partial charge is 0.391 e. The van der Waals surface area contributed by atoms with Crippen LogP contribution in [0, 0.1) is 6.61 Å². The molecule has 0 spiro atoms. The molecule has 1 unspecified atom stereocenters. The average Bonchev–Trinajstić information content (AvgIpc) is 1.66. The van der Waals surface area contributed by atoms with Crippen molar-refractivity contribution in [3.63, 3.8) is 0 Å². The maximum Gasteiger partial charge on any atom is 0.105 e. The first kappa shape index (κ1) is 7.88. The minimum Gasteiger partial charge on any atom is -0.391 e. The van der Waals surface area contributed by atoms with Crippen LogP contribution in [-0.2, 0) is 4.74 Å². The van der Waals surface area contributed by atoms with Gasteiger partial charge in [0.05, 0.1) is 19.3 Å². The summed E-state index contributed by atoms with van der Waals surface area (Å²) in [6, 6.07) is 0. The summed E-state index contributed by atoms with van der Waals surface area (Å²) in [5.41, 5.74) is 0. The van der Waals surface area contributed by atoms with E-state index in [4.69, 9.17) is 10.2 Å². The molecule has 2 N–H and O–H groups in total. The minimum absolute atomic E-state index is 0.185. The Morgan fingerprint density at radius 3 is 2.75 bits per heavy atom. The number of hydrogen-bond acceptors (Lipinski definition) is 3. The number of hydrogen-bond donors (Lipinski definition) is 2. The van der Waals surface area contributed by atoms with Crippen molar-refractivity contribution in [1.29, 1.82) is 0 Å². The zero-order chi connectivity index (χ0) is 6.41. The molecule has 0 rings (SSSR count). The van der Waals surface area contributed by atoms with E-state index in [1.165, 1.54) is 0 Å². The van der Waals surface area contributed by atoms with E-state index in [9.17, 15) is 0 Å². The van der Waals surface area contributed by atoms with Crippen LogP contribution in [0.1, 0.15) is 6.92 Å². The molecule has 0 aliphatic heterocycles. The molecule has 0 bridgehead atoms. The number of aliphatic hydroxyl groups excluding tert-OH is 2. The van der Waals surface area contributed by atoms with Crippen LogP contribution in [0.5, 0.6) is 0 Å². The highest BCUT2D eigenvalue weighted by Crippen LogP contribution is 1.81. The molecule has 0 saturated heterocycles. The summed E-state index contributed by atoms with van der Waals surface area (Å²) in [5.74, 6) is 0. The molecule has 0 aliphatic carbocycles. The molecule has 3 heteroatoms. The number of ether oxygens (including phenoxy) is 1. The fourth-order valence-corrected chi connectivity index (χ4v) is 0.291. The highest BCUT2D eigenvalue weighted by molar-refractivity contribution is 4.44. The van der Waals surface area contributed by atoms with Gasteiger partial charge in [-0.1, -0.05) is 0 Å². The fourth-order valence-electron chi connectivity index (χ4n) is 0.291. The van der Waals surface area contributed by atoms with Gasteiger partial charge in [-0.15, -0.1) is 0 Å². The Morgan fingerprint density at radius 1 is 1.75 bits per heavy atom. The van der Waals surface area contributed by atoms with Crippen molar-refractivity contribution < 1.29 is 14.9 Å². The van der Waals surface area contributed by atoms with Crippen molar-refractivity contribution in [2.75, 3.05) is 13.2 Å². The van der Waals surface area contributed by atoms with Crippen LogP contribution in [0.25, 0.3) is 0 Å². The summed E-state index contributed by atoms with van der Waals surface area (Å²) in [7, 11) is 0. The van der Waals surface area contributed by atoms with Gasteiger partial charge in [0.1, 0.15) is 6.61 Å². The minimum atomic E-state index is -0.449. The lowest BCUT2D eigenvalue weighted by Gasteiger charge is -2.02. The number of aliphatic hydroxyl groups is 2. The molecular weight excluding hydrogens is 108 g/mol. The van der Waals surface area contributed by atoms with Crippen molar-refractivity contribution in [3.8, 4) is 0 Å². The summed E-state index contributed by atoms with van der Waals surface area (Å²) < 4.78 is 4.69. The van der Waals surface area contributed by atoms with Gasteiger partial charge in [-0.05, 0) is 6.92 Å². The molecule has 0 heterocycles. The second-order valence-corrected chi connectivity index (χ2v) is 1.57. The Bertz CT molecular complexity index is 44.9. The molecule has 1 radical (unpaired) electrons. The lowest BCUT2D eigenvalue weighted by Crippen LogP contribution is -2.10. The van der Waals surface area contributed by atoms with E-state index in [2.05, 4.69) is 4.74 Å². The van der Waals surface area contributed by atoms with Crippen LogP contribution in [-0.4, -0.2) is 29.5 Å². The van der Waals surface area contributed by atoms with Gasteiger partial charge in [-0.25, -0.2) is 0 Å². The molecule has 49 valence electrons. The third-order valence-electron chi connectivity index (χ3n) is 0.551. The van der Waals surface area contributed by atoms with Gasteiger partial charge in [-0.2, -0.15) is 0 Å². The smallest absolute Gasteiger partial charge is 0.105 e. The fraction of sp³-hybridized carbons (Fsp3) is 0.800. The zero-order valence-corrected chi connectivity index (χ0v) is 4.87. The number of rotatable bonds is 4. The zero-order valence-electron chi connectivity index (χ0n) is 4.87. The van der Waals surface area contributed by atoms with E-state index in [0.29, 0.717) is 0 Å². The first-order chi connectivity index (χ1) is 3.77. The van der Waals surface area contributed by atoms with E-state index >= 15 is 0 Å². The Hall–Kier alpha value is -0.120. The second-order valence-electron chi connectivity index (χ2n) is 1.57. The molecule has 0 aliphatic rings. The van der Waals surface area contributed by atoms with Crippen LogP contribution < -0.4 is 0 Å². The van der Waals surface area contributed by atoms with Crippen molar-refractivity contribution in [1.82, 2.24) is 0 Å². The van der Waals surface area contributed by atoms with Gasteiger partial charge >= 0.3 is 0 Å². The molecular formula is C5H11O3. The summed E-state index contributed by atoms with van der Waals surface area (Å²) >= 11 is 0. The Labute approximate surface area is 48.9 Å². The first-order valence-corrected chi connectivity index (χ1v) is 2.49. The van der Waals surface area contributed by atoms with Crippen LogP contribution in [0.15, 0.2) is 0 Å². The van der Waals surface area contributed by atoms with E-state index in [-0.39, 0.29) is 13.2 Å². The van der Waals surface area contributed by atoms with Crippen molar-refractivity contribution >= 4 is 0 Å². The SMILES string of the molecule is CC(O)COC[CH]O. The van der Waals surface area contributed by atoms with E-state index in [0.717, 1.165) is 6.61 Å². The molecule has 3 nitrogen and oxygen atoms in total. The van der Waals surface area contributed by atoms with Crippen molar-refractivity contribution in [2.45, 2.75) is 13.0 Å². The van der Waals surface area contributed by atoms with Crippen molar-refractivity contribution in [3.05, 3.63) is 6.61 Å². The lowest BCUT2D eigenvalue weighted by atomic mass is 10.4. The maximum absolute atomic E-state index is 8.56. The maximum atomic E-state index is 8.56. The third-order valence-corrected chi connectivity index (χ3v) is 0.551. The lowest BCUT2D eigenvalue weighted by molar-refractivity contribution is 0.0439. The molecule has 0 saturated carbocycles. The van der Waals surface area contributed by atoms with Crippen molar-refractivity contribution in [2.24, 2.45) is 0 Å². The van der Waals surface area contributed by atoms with Gasteiger partial charge in [0, 0.05) is 0 Å². The predicted octanol–water partition coefficient (Wildman–Crippen LogP) is -0.0819. The molecule has 0 fully saturated rings. The summed E-state index contributed by atoms with van der Waals surface area (Å²) in [4.78, 5) is 0. The Balaban J connectivity index is 2.72. The third kappa shape index (κ3) is 5.88. The van der Waals surface area contributed by atoms with E-state index in [1.54, 1.807) is 6.92 Å². The van der Waals surface area contributed by atoms with Crippen LogP contribution in [0.3, 0.4) is 0 Å². The summed E-state index contributed by atoms with van der Waals surface area (Å²) in [6.07, 6.45) is -0.449. The Morgan fingerprint density at radius 2 is 2.38 bits per heavy atom.